The first-order valence-electron chi connectivity index (χ1n) is 1.19. The van der Waals surface area contributed by atoms with Crippen molar-refractivity contribution in [3.63, 3.8) is 0 Å². The van der Waals surface area contributed by atoms with Crippen LogP contribution in [0.3, 0.4) is 0 Å². The van der Waals surface area contributed by atoms with E-state index in [9.17, 15) is 0 Å². The van der Waals surface area contributed by atoms with Gasteiger partial charge in [-0.3, -0.25) is 0 Å². The maximum absolute atomic E-state index is 3.58. The van der Waals surface area contributed by atoms with Crippen molar-refractivity contribution in [1.82, 2.24) is 4.37 Å². The molecule has 2 heteroatoms. The normalized spacial score (nSPS) is 8.00. The molecule has 0 aliphatic heterocycles. The van der Waals surface area contributed by atoms with Gasteiger partial charge in [-0.05, 0) is 17.6 Å². The fraction of sp³-hybridized carbons (Fsp3) is 0. The lowest BCUT2D eigenvalue weighted by atomic mass is 10.8. The third-order valence-corrected chi connectivity index (χ3v) is 0.694. The van der Waals surface area contributed by atoms with Crippen molar-refractivity contribution in [2.45, 2.75) is 0 Å². The second-order valence-corrected chi connectivity index (χ2v) is 1.17. The molecule has 0 saturated heterocycles. The number of hydrogen-bond donors (Lipinski definition) is 0. The maximum atomic E-state index is 3.58. The van der Waals surface area contributed by atoms with E-state index in [4.69, 9.17) is 0 Å². The second-order valence-electron chi connectivity index (χ2n) is 0.574. The highest BCUT2D eigenvalue weighted by Crippen LogP contribution is 1.81. The van der Waals surface area contributed by atoms with Gasteiger partial charge in [0.1, 0.15) is 6.20 Å². The van der Waals surface area contributed by atoms with E-state index < -0.39 is 0 Å². The third-order valence-electron chi connectivity index (χ3n) is 0.275. The fourth-order valence-electron chi connectivity index (χ4n) is 0.132. The van der Waals surface area contributed by atoms with Gasteiger partial charge >= 0.3 is 0 Å². The summed E-state index contributed by atoms with van der Waals surface area (Å²) >= 11 is 1.28. The molecule has 1 heterocycles. The van der Waals surface area contributed by atoms with Crippen molar-refractivity contribution in [3.05, 3.63) is 17.6 Å². The molecule has 0 aliphatic carbocycles. The highest BCUT2D eigenvalue weighted by atomic mass is 32.1. The molecule has 1 rings (SSSR count). The van der Waals surface area contributed by atoms with Gasteiger partial charge in [-0.2, -0.15) is 4.37 Å². The van der Waals surface area contributed by atoms with Crippen LogP contribution in [0, 0.1) is 11.6 Å². The van der Waals surface area contributed by atoms with Gasteiger partial charge in [-0.1, -0.05) is 0 Å². The molecular formula is C3HNS. The van der Waals surface area contributed by atoms with E-state index in [1.165, 1.54) is 11.5 Å². The Bertz CT molecular complexity index is 63.4. The molecule has 0 spiro atoms. The van der Waals surface area contributed by atoms with Crippen LogP contribution in [0.15, 0.2) is 6.07 Å². The summed E-state index contributed by atoms with van der Waals surface area (Å²) in [5, 5.41) is 2.74. The van der Waals surface area contributed by atoms with E-state index in [1.54, 1.807) is 6.07 Å². The van der Waals surface area contributed by atoms with E-state index in [2.05, 4.69) is 16.0 Å². The average Bonchev–Trinajstić information content (AvgIpc) is 1.76. The lowest BCUT2D eigenvalue weighted by molar-refractivity contribution is 1.56. The fourth-order valence-corrected chi connectivity index (χ4v) is 0.395. The van der Waals surface area contributed by atoms with Crippen molar-refractivity contribution in [1.29, 1.82) is 0 Å². The maximum Gasteiger partial charge on any atom is 0.104 e. The zero-order valence-corrected chi connectivity index (χ0v) is 3.25. The monoisotopic (exact) mass is 83.0 g/mol. The van der Waals surface area contributed by atoms with Crippen LogP contribution in [-0.2, 0) is 0 Å². The standard InChI is InChI=1S/C3HNS/c1-2-4-5-3-1/h1H. The van der Waals surface area contributed by atoms with Crippen molar-refractivity contribution >= 4 is 11.5 Å². The lowest BCUT2D eigenvalue weighted by Crippen LogP contribution is -1.34. The topological polar surface area (TPSA) is 12.9 Å². The number of rotatable bonds is 0. The number of nitrogens with zero attached hydrogens (tertiary/aromatic N) is 1. The molecule has 0 amide bonds. The molecule has 1 aromatic heterocycles. The Morgan fingerprint density at radius 2 is 2.80 bits per heavy atom. The first-order chi connectivity index (χ1) is 2.50. The molecule has 0 aliphatic rings. The Morgan fingerprint density at radius 1 is 1.80 bits per heavy atom. The predicted octanol–water partition coefficient (Wildman–Crippen LogP) is 0.743. The Hall–Kier alpha value is -0.370. The average molecular weight is 83.1 g/mol. The Balaban J connectivity index is 3.13. The van der Waals surface area contributed by atoms with Gasteiger partial charge in [0.25, 0.3) is 0 Å². The Kier molecular flexibility index (Phi) is 0.667. The molecule has 1 aromatic rings. The summed E-state index contributed by atoms with van der Waals surface area (Å²) in [6.45, 7) is 0. The quantitative estimate of drug-likeness (QED) is 0.451. The molecule has 0 atom stereocenters. The summed E-state index contributed by atoms with van der Waals surface area (Å²) in [5.74, 6) is 0. The van der Waals surface area contributed by atoms with Gasteiger partial charge in [0.15, 0.2) is 0 Å². The number of hydrogen-bond acceptors (Lipinski definition) is 2. The van der Waals surface area contributed by atoms with Gasteiger partial charge in [0, 0.05) is 0 Å². The lowest BCUT2D eigenvalue weighted by Gasteiger charge is -1.39. The summed E-state index contributed by atoms with van der Waals surface area (Å²) in [6.07, 6.45) is 2.57. The molecule has 5 heavy (non-hydrogen) atoms. The van der Waals surface area contributed by atoms with Crippen LogP contribution in [0.1, 0.15) is 0 Å². The molecule has 1 nitrogen and oxygen atoms in total. The molecule has 24 valence electrons. The van der Waals surface area contributed by atoms with Gasteiger partial charge in [-0.15, -0.1) is 0 Å². The second kappa shape index (κ2) is 1.17. The van der Waals surface area contributed by atoms with Crippen LogP contribution in [0.2, 0.25) is 0 Å². The zero-order chi connectivity index (χ0) is 3.54. The summed E-state index contributed by atoms with van der Waals surface area (Å²) < 4.78 is 3.58. The minimum Gasteiger partial charge on any atom is -0.190 e. The van der Waals surface area contributed by atoms with Crippen molar-refractivity contribution < 1.29 is 0 Å². The first-order valence-corrected chi connectivity index (χ1v) is 1.96. The summed E-state index contributed by atoms with van der Waals surface area (Å²) in [6, 6.07) is 1.66. The smallest absolute Gasteiger partial charge is 0.104 e. The van der Waals surface area contributed by atoms with Crippen LogP contribution in [0.4, 0.5) is 0 Å². The zero-order valence-electron chi connectivity index (χ0n) is 2.43. The molecule has 0 fully saturated rings. The highest BCUT2D eigenvalue weighted by molar-refractivity contribution is 7.02. The molecule has 0 N–H and O–H groups in total. The number of aromatic nitrogens is 1. The third kappa shape index (κ3) is 0.450. The Morgan fingerprint density at radius 3 is 3.00 bits per heavy atom. The van der Waals surface area contributed by atoms with E-state index in [0.29, 0.717) is 0 Å². The van der Waals surface area contributed by atoms with E-state index in [1.807, 2.05) is 0 Å². The molecule has 0 bridgehead atoms. The van der Waals surface area contributed by atoms with Gasteiger partial charge < -0.3 is 0 Å². The van der Waals surface area contributed by atoms with Crippen LogP contribution in [0.5, 0.6) is 0 Å². The predicted molar refractivity (Wildman–Crippen MR) is 19.8 cm³/mol. The van der Waals surface area contributed by atoms with E-state index in [-0.39, 0.29) is 0 Å². The summed E-state index contributed by atoms with van der Waals surface area (Å²) in [4.78, 5) is 0. The minimum absolute atomic E-state index is 1.28. The van der Waals surface area contributed by atoms with E-state index in [0.717, 1.165) is 0 Å². The molecule has 2 radical (unpaired) electrons. The van der Waals surface area contributed by atoms with Gasteiger partial charge in [-0.25, -0.2) is 0 Å². The van der Waals surface area contributed by atoms with Crippen molar-refractivity contribution in [2.75, 3.05) is 0 Å². The Labute approximate surface area is 34.4 Å². The largest absolute Gasteiger partial charge is 0.190 e. The first kappa shape index (κ1) is 2.85. The SMILES string of the molecule is [c]1c[c]sn1. The van der Waals surface area contributed by atoms with Crippen LogP contribution >= 0.6 is 11.5 Å². The van der Waals surface area contributed by atoms with Crippen molar-refractivity contribution in [3.8, 4) is 0 Å². The van der Waals surface area contributed by atoms with Crippen LogP contribution in [0.25, 0.3) is 0 Å². The van der Waals surface area contributed by atoms with Crippen molar-refractivity contribution in [2.24, 2.45) is 0 Å². The van der Waals surface area contributed by atoms with E-state index >= 15 is 0 Å². The van der Waals surface area contributed by atoms with Crippen LogP contribution < -0.4 is 0 Å². The summed E-state index contributed by atoms with van der Waals surface area (Å²) in [5.41, 5.74) is 0. The molecule has 0 unspecified atom stereocenters. The van der Waals surface area contributed by atoms with Gasteiger partial charge in [0.05, 0.1) is 5.38 Å². The summed E-state index contributed by atoms with van der Waals surface area (Å²) in [7, 11) is 0. The highest BCUT2D eigenvalue weighted by Gasteiger charge is 1.63. The molecule has 0 aromatic carbocycles. The molecular weight excluding hydrogens is 82.1 g/mol. The van der Waals surface area contributed by atoms with Crippen LogP contribution in [-0.4, -0.2) is 4.37 Å². The van der Waals surface area contributed by atoms with Gasteiger partial charge in [0.2, 0.25) is 0 Å². The molecule has 0 saturated carbocycles. The minimum atomic E-state index is 1.28.